The lowest BCUT2D eigenvalue weighted by Gasteiger charge is -2.21. The molecule has 3 atom stereocenters. The van der Waals surface area contributed by atoms with Gasteiger partial charge in [0.25, 0.3) is 0 Å². The van der Waals surface area contributed by atoms with Gasteiger partial charge in [-0.3, -0.25) is 0 Å². The summed E-state index contributed by atoms with van der Waals surface area (Å²) < 4.78 is 10.9. The molecule has 1 heterocycles. The van der Waals surface area contributed by atoms with E-state index >= 15 is 0 Å². The van der Waals surface area contributed by atoms with Crippen LogP contribution in [0.4, 0.5) is 0 Å². The standard InChI is InChI=1S/C10H20O4/c1-7(5-11)9(12)4-8-6-13-10(2,3)14-8/h7-9,11-12H,4-6H2,1-3H3/t7-,8-,9-/m1/s1. The van der Waals surface area contributed by atoms with Gasteiger partial charge < -0.3 is 19.7 Å². The number of hydrogen-bond acceptors (Lipinski definition) is 4. The van der Waals surface area contributed by atoms with Gasteiger partial charge in [0.2, 0.25) is 0 Å². The van der Waals surface area contributed by atoms with E-state index in [-0.39, 0.29) is 18.6 Å². The van der Waals surface area contributed by atoms with Crippen molar-refractivity contribution in [3.63, 3.8) is 0 Å². The van der Waals surface area contributed by atoms with Crippen LogP contribution < -0.4 is 0 Å². The maximum Gasteiger partial charge on any atom is 0.163 e. The predicted octanol–water partition coefficient (Wildman–Crippen LogP) is 0.517. The molecule has 1 rings (SSSR count). The molecule has 84 valence electrons. The molecule has 1 aliphatic heterocycles. The Bertz CT molecular complexity index is 181. The normalized spacial score (nSPS) is 30.2. The van der Waals surface area contributed by atoms with Crippen LogP contribution in [0.25, 0.3) is 0 Å². The van der Waals surface area contributed by atoms with E-state index in [0.717, 1.165) is 0 Å². The van der Waals surface area contributed by atoms with Gasteiger partial charge in [0.1, 0.15) is 0 Å². The first-order valence-corrected chi connectivity index (χ1v) is 5.05. The number of rotatable bonds is 4. The van der Waals surface area contributed by atoms with Gasteiger partial charge in [0, 0.05) is 18.9 Å². The molecule has 0 aromatic carbocycles. The van der Waals surface area contributed by atoms with Gasteiger partial charge in [-0.1, -0.05) is 6.92 Å². The van der Waals surface area contributed by atoms with E-state index in [0.29, 0.717) is 13.0 Å². The SMILES string of the molecule is C[C@H](CO)[C@H](O)C[C@@H]1COC(C)(C)O1. The van der Waals surface area contributed by atoms with Crippen LogP contribution in [-0.2, 0) is 9.47 Å². The molecule has 1 saturated heterocycles. The Morgan fingerprint density at radius 1 is 1.50 bits per heavy atom. The molecule has 0 amide bonds. The Morgan fingerprint density at radius 2 is 2.14 bits per heavy atom. The van der Waals surface area contributed by atoms with Gasteiger partial charge in [-0.25, -0.2) is 0 Å². The number of aliphatic hydroxyl groups excluding tert-OH is 2. The van der Waals surface area contributed by atoms with Crippen molar-refractivity contribution in [1.29, 1.82) is 0 Å². The van der Waals surface area contributed by atoms with Gasteiger partial charge in [-0.15, -0.1) is 0 Å². The highest BCUT2D eigenvalue weighted by Crippen LogP contribution is 2.25. The second-order valence-corrected chi connectivity index (χ2v) is 4.41. The third-order valence-corrected chi connectivity index (χ3v) is 2.52. The maximum absolute atomic E-state index is 9.65. The van der Waals surface area contributed by atoms with Gasteiger partial charge in [0.05, 0.1) is 18.8 Å². The minimum atomic E-state index is -0.535. The van der Waals surface area contributed by atoms with Crippen LogP contribution >= 0.6 is 0 Å². The molecular weight excluding hydrogens is 184 g/mol. The zero-order valence-electron chi connectivity index (χ0n) is 9.06. The average Bonchev–Trinajstić information content (AvgIpc) is 2.44. The minimum absolute atomic E-state index is 0.00185. The van der Waals surface area contributed by atoms with Crippen molar-refractivity contribution in [2.75, 3.05) is 13.2 Å². The van der Waals surface area contributed by atoms with Crippen molar-refractivity contribution >= 4 is 0 Å². The van der Waals surface area contributed by atoms with Crippen LogP contribution in [0.1, 0.15) is 27.2 Å². The Labute approximate surface area is 84.8 Å². The van der Waals surface area contributed by atoms with Crippen molar-refractivity contribution in [3.05, 3.63) is 0 Å². The molecule has 1 fully saturated rings. The van der Waals surface area contributed by atoms with E-state index in [1.165, 1.54) is 0 Å². The largest absolute Gasteiger partial charge is 0.396 e. The number of ether oxygens (including phenoxy) is 2. The first kappa shape index (κ1) is 11.9. The van der Waals surface area contributed by atoms with Gasteiger partial charge in [0.15, 0.2) is 5.79 Å². The lowest BCUT2D eigenvalue weighted by molar-refractivity contribution is -0.142. The summed E-state index contributed by atoms with van der Waals surface area (Å²) in [6.07, 6.45) is -0.0676. The van der Waals surface area contributed by atoms with Crippen LogP contribution in [-0.4, -0.2) is 41.4 Å². The van der Waals surface area contributed by atoms with E-state index in [4.69, 9.17) is 14.6 Å². The van der Waals surface area contributed by atoms with E-state index in [1.807, 2.05) is 20.8 Å². The summed E-state index contributed by atoms with van der Waals surface area (Å²) in [6.45, 7) is 6.04. The molecule has 4 heteroatoms. The molecule has 0 bridgehead atoms. The van der Waals surface area contributed by atoms with E-state index < -0.39 is 11.9 Å². The lowest BCUT2D eigenvalue weighted by atomic mass is 10.0. The molecule has 0 unspecified atom stereocenters. The monoisotopic (exact) mass is 204 g/mol. The molecule has 0 radical (unpaired) electrons. The molecular formula is C10H20O4. The van der Waals surface area contributed by atoms with Crippen molar-refractivity contribution in [1.82, 2.24) is 0 Å². The van der Waals surface area contributed by atoms with Crippen molar-refractivity contribution in [2.24, 2.45) is 5.92 Å². The van der Waals surface area contributed by atoms with E-state index in [9.17, 15) is 5.11 Å². The summed E-state index contributed by atoms with van der Waals surface area (Å²) >= 11 is 0. The molecule has 2 N–H and O–H groups in total. The predicted molar refractivity (Wildman–Crippen MR) is 51.8 cm³/mol. The Balaban J connectivity index is 2.32. The highest BCUT2D eigenvalue weighted by Gasteiger charge is 2.34. The molecule has 14 heavy (non-hydrogen) atoms. The third kappa shape index (κ3) is 3.20. The highest BCUT2D eigenvalue weighted by molar-refractivity contribution is 4.75. The second-order valence-electron chi connectivity index (χ2n) is 4.41. The van der Waals surface area contributed by atoms with Crippen molar-refractivity contribution < 1.29 is 19.7 Å². The minimum Gasteiger partial charge on any atom is -0.396 e. The molecule has 0 aromatic rings. The summed E-state index contributed by atoms with van der Waals surface area (Å²) in [5, 5.41) is 18.5. The van der Waals surface area contributed by atoms with E-state index in [1.54, 1.807) is 0 Å². The molecule has 0 aliphatic carbocycles. The first-order chi connectivity index (χ1) is 6.44. The van der Waals surface area contributed by atoms with Crippen molar-refractivity contribution in [3.8, 4) is 0 Å². The molecule has 0 aromatic heterocycles. The van der Waals surface area contributed by atoms with E-state index in [2.05, 4.69) is 0 Å². The zero-order valence-corrected chi connectivity index (χ0v) is 9.06. The second kappa shape index (κ2) is 4.57. The fourth-order valence-corrected chi connectivity index (χ4v) is 1.50. The van der Waals surface area contributed by atoms with Gasteiger partial charge in [-0.2, -0.15) is 0 Å². The Hall–Kier alpha value is -0.160. The zero-order chi connectivity index (χ0) is 10.8. The molecule has 0 spiro atoms. The molecule has 1 aliphatic rings. The molecule has 0 saturated carbocycles. The summed E-state index contributed by atoms with van der Waals surface area (Å²) in [5.74, 6) is -0.644. The van der Waals surface area contributed by atoms with Crippen molar-refractivity contribution in [2.45, 2.75) is 45.2 Å². The fraction of sp³-hybridized carbons (Fsp3) is 1.00. The van der Waals surface area contributed by atoms with Crippen LogP contribution in [0.2, 0.25) is 0 Å². The first-order valence-electron chi connectivity index (χ1n) is 5.05. The highest BCUT2D eigenvalue weighted by atomic mass is 16.7. The Kier molecular flexibility index (Phi) is 3.89. The van der Waals surface area contributed by atoms with Crippen LogP contribution in [0.15, 0.2) is 0 Å². The topological polar surface area (TPSA) is 58.9 Å². The quantitative estimate of drug-likeness (QED) is 0.701. The molecule has 4 nitrogen and oxygen atoms in total. The summed E-state index contributed by atoms with van der Waals surface area (Å²) in [5.41, 5.74) is 0. The van der Waals surface area contributed by atoms with Crippen LogP contribution in [0.3, 0.4) is 0 Å². The summed E-state index contributed by atoms with van der Waals surface area (Å²) in [4.78, 5) is 0. The lowest BCUT2D eigenvalue weighted by Crippen LogP contribution is -2.28. The third-order valence-electron chi connectivity index (χ3n) is 2.52. The van der Waals surface area contributed by atoms with Gasteiger partial charge >= 0.3 is 0 Å². The number of aliphatic hydroxyl groups is 2. The van der Waals surface area contributed by atoms with Crippen LogP contribution in [0.5, 0.6) is 0 Å². The average molecular weight is 204 g/mol. The number of hydrogen-bond donors (Lipinski definition) is 2. The fourth-order valence-electron chi connectivity index (χ4n) is 1.50. The van der Waals surface area contributed by atoms with Crippen LogP contribution in [0, 0.1) is 5.92 Å². The summed E-state index contributed by atoms with van der Waals surface area (Å²) in [7, 11) is 0. The Morgan fingerprint density at radius 3 is 2.57 bits per heavy atom. The summed E-state index contributed by atoms with van der Waals surface area (Å²) in [6, 6.07) is 0. The smallest absolute Gasteiger partial charge is 0.163 e. The van der Waals surface area contributed by atoms with Gasteiger partial charge in [-0.05, 0) is 13.8 Å². The maximum atomic E-state index is 9.65.